The van der Waals surface area contributed by atoms with Crippen molar-refractivity contribution < 1.29 is 9.53 Å². The van der Waals surface area contributed by atoms with Gasteiger partial charge in [-0.2, -0.15) is 5.26 Å². The molecule has 1 aliphatic carbocycles. The first kappa shape index (κ1) is 16.0. The van der Waals surface area contributed by atoms with E-state index in [0.717, 1.165) is 10.0 Å². The fourth-order valence-corrected chi connectivity index (χ4v) is 3.34. The molecule has 2 atom stereocenters. The van der Waals surface area contributed by atoms with E-state index < -0.39 is 22.4 Å². The molecular weight excluding hydrogens is 330 g/mol. The Morgan fingerprint density at radius 2 is 1.81 bits per heavy atom. The number of rotatable bonds is 2. The van der Waals surface area contributed by atoms with Crippen LogP contribution in [0.3, 0.4) is 0 Å². The number of carbonyl (C=O) groups excluding carboxylic acids is 1. The van der Waals surface area contributed by atoms with E-state index >= 15 is 0 Å². The number of hydrogen-bond acceptors (Lipinski definition) is 3. The van der Waals surface area contributed by atoms with Crippen LogP contribution in [-0.2, 0) is 9.53 Å². The Labute approximate surface area is 134 Å². The lowest BCUT2D eigenvalue weighted by atomic mass is 9.97. The number of nitrogens with zero attached hydrogens (tertiary/aromatic N) is 1. The molecule has 0 amide bonds. The van der Waals surface area contributed by atoms with Crippen molar-refractivity contribution in [2.45, 2.75) is 46.1 Å². The molecule has 0 spiro atoms. The van der Waals surface area contributed by atoms with Crippen molar-refractivity contribution in [1.29, 1.82) is 5.26 Å². The van der Waals surface area contributed by atoms with Gasteiger partial charge >= 0.3 is 5.97 Å². The van der Waals surface area contributed by atoms with Crippen LogP contribution in [0.5, 0.6) is 0 Å². The van der Waals surface area contributed by atoms with Crippen LogP contribution in [0.25, 0.3) is 0 Å². The summed E-state index contributed by atoms with van der Waals surface area (Å²) in [6.07, 6.45) is 0. The van der Waals surface area contributed by atoms with Crippen LogP contribution in [0.2, 0.25) is 0 Å². The quantitative estimate of drug-likeness (QED) is 0.742. The van der Waals surface area contributed by atoms with Gasteiger partial charge in [0, 0.05) is 15.8 Å². The molecule has 0 saturated heterocycles. The summed E-state index contributed by atoms with van der Waals surface area (Å²) < 4.78 is 6.47. The molecule has 0 aromatic heterocycles. The molecular formula is C17H20BrNO2. The van der Waals surface area contributed by atoms with E-state index in [1.165, 1.54) is 0 Å². The van der Waals surface area contributed by atoms with Crippen LogP contribution in [0.1, 0.15) is 46.1 Å². The maximum absolute atomic E-state index is 12.6. The van der Waals surface area contributed by atoms with E-state index in [0.29, 0.717) is 0 Å². The Kier molecular flexibility index (Phi) is 3.70. The highest BCUT2D eigenvalue weighted by atomic mass is 79.9. The van der Waals surface area contributed by atoms with Crippen LogP contribution in [0, 0.1) is 22.2 Å². The number of halogens is 1. The van der Waals surface area contributed by atoms with Crippen molar-refractivity contribution in [2.75, 3.05) is 0 Å². The first-order valence-corrected chi connectivity index (χ1v) is 7.76. The predicted octanol–water partition coefficient (Wildman–Crippen LogP) is 4.42. The standard InChI is InChI=1S/C17H20BrNO2/c1-15(2,3)21-14(20)17(10-19)13(16(17,4)5)11-6-8-12(18)9-7-11/h6-9,13H,1-5H3/t13-,17+/m0/s1. The smallest absolute Gasteiger partial charge is 0.328 e. The zero-order valence-corrected chi connectivity index (χ0v) is 14.6. The third-order valence-corrected chi connectivity index (χ3v) is 4.72. The molecule has 0 radical (unpaired) electrons. The van der Waals surface area contributed by atoms with Crippen molar-refractivity contribution in [3.8, 4) is 6.07 Å². The second kappa shape index (κ2) is 4.84. The highest BCUT2D eigenvalue weighted by Crippen LogP contribution is 2.74. The van der Waals surface area contributed by atoms with Crippen LogP contribution < -0.4 is 0 Å². The van der Waals surface area contributed by atoms with Crippen molar-refractivity contribution in [1.82, 2.24) is 0 Å². The average molecular weight is 350 g/mol. The minimum Gasteiger partial charge on any atom is -0.459 e. The Bertz CT molecular complexity index is 607. The summed E-state index contributed by atoms with van der Waals surface area (Å²) in [5.74, 6) is -0.562. The summed E-state index contributed by atoms with van der Waals surface area (Å²) in [5.41, 5.74) is -1.13. The maximum Gasteiger partial charge on any atom is 0.328 e. The van der Waals surface area contributed by atoms with E-state index in [4.69, 9.17) is 4.74 Å². The molecule has 21 heavy (non-hydrogen) atoms. The average Bonchev–Trinajstić information content (AvgIpc) is 2.86. The summed E-state index contributed by atoms with van der Waals surface area (Å²) in [7, 11) is 0. The molecule has 1 fully saturated rings. The van der Waals surface area contributed by atoms with Gasteiger partial charge in [0.25, 0.3) is 0 Å². The number of carbonyl (C=O) groups is 1. The summed E-state index contributed by atoms with van der Waals surface area (Å²) >= 11 is 3.40. The van der Waals surface area contributed by atoms with Gasteiger partial charge in [-0.15, -0.1) is 0 Å². The SMILES string of the molecule is CC(C)(C)OC(=O)[C@@]1(C#N)[C@@H](c2ccc(Br)cc2)C1(C)C. The fourth-order valence-electron chi connectivity index (χ4n) is 3.08. The Hall–Kier alpha value is -1.34. The molecule has 112 valence electrons. The molecule has 0 unspecified atom stereocenters. The molecule has 2 rings (SSSR count). The van der Waals surface area contributed by atoms with Gasteiger partial charge in [-0.05, 0) is 38.5 Å². The third kappa shape index (κ3) is 2.48. The fraction of sp³-hybridized carbons (Fsp3) is 0.529. The normalized spacial score (nSPS) is 26.8. The lowest BCUT2D eigenvalue weighted by Gasteiger charge is -2.22. The van der Waals surface area contributed by atoms with Gasteiger partial charge in [-0.1, -0.05) is 41.9 Å². The van der Waals surface area contributed by atoms with Crippen LogP contribution in [0.4, 0.5) is 0 Å². The van der Waals surface area contributed by atoms with Crippen molar-refractivity contribution in [2.24, 2.45) is 10.8 Å². The minimum atomic E-state index is -1.10. The molecule has 4 heteroatoms. The minimum absolute atomic E-state index is 0.141. The summed E-state index contributed by atoms with van der Waals surface area (Å²) in [6.45, 7) is 9.36. The van der Waals surface area contributed by atoms with E-state index in [-0.39, 0.29) is 5.92 Å². The molecule has 0 aliphatic heterocycles. The zero-order valence-electron chi connectivity index (χ0n) is 13.0. The van der Waals surface area contributed by atoms with Gasteiger partial charge in [0.05, 0.1) is 6.07 Å². The Morgan fingerprint density at radius 1 is 1.29 bits per heavy atom. The maximum atomic E-state index is 12.6. The number of esters is 1. The second-order valence-electron chi connectivity index (χ2n) is 7.13. The van der Waals surface area contributed by atoms with Gasteiger partial charge in [0.15, 0.2) is 5.41 Å². The van der Waals surface area contributed by atoms with Crippen LogP contribution in [-0.4, -0.2) is 11.6 Å². The van der Waals surface area contributed by atoms with Crippen molar-refractivity contribution in [3.05, 3.63) is 34.3 Å². The van der Waals surface area contributed by atoms with Gasteiger partial charge < -0.3 is 4.74 Å². The molecule has 3 nitrogen and oxygen atoms in total. The third-order valence-electron chi connectivity index (χ3n) is 4.19. The first-order valence-electron chi connectivity index (χ1n) is 6.96. The second-order valence-corrected chi connectivity index (χ2v) is 8.04. The molecule has 0 N–H and O–H groups in total. The Balaban J connectivity index is 2.39. The number of nitriles is 1. The van der Waals surface area contributed by atoms with Crippen molar-refractivity contribution in [3.63, 3.8) is 0 Å². The highest BCUT2D eigenvalue weighted by molar-refractivity contribution is 9.10. The number of hydrogen-bond donors (Lipinski definition) is 0. The molecule has 1 aromatic rings. The topological polar surface area (TPSA) is 50.1 Å². The number of ether oxygens (including phenoxy) is 1. The van der Waals surface area contributed by atoms with Crippen molar-refractivity contribution >= 4 is 21.9 Å². The monoisotopic (exact) mass is 349 g/mol. The van der Waals surface area contributed by atoms with Gasteiger partial charge in [0.2, 0.25) is 0 Å². The Morgan fingerprint density at radius 3 is 2.24 bits per heavy atom. The first-order chi connectivity index (χ1) is 9.56. The van der Waals surface area contributed by atoms with Gasteiger partial charge in [0.1, 0.15) is 5.60 Å². The summed E-state index contributed by atoms with van der Waals surface area (Å²) in [6, 6.07) is 10.0. The van der Waals surface area contributed by atoms with E-state index in [2.05, 4.69) is 22.0 Å². The summed E-state index contributed by atoms with van der Waals surface area (Å²) in [4.78, 5) is 12.6. The highest BCUT2D eigenvalue weighted by Gasteiger charge is 2.78. The predicted molar refractivity (Wildman–Crippen MR) is 84.6 cm³/mol. The lowest BCUT2D eigenvalue weighted by Crippen LogP contribution is -2.31. The van der Waals surface area contributed by atoms with E-state index in [1.807, 2.05) is 58.9 Å². The molecule has 0 bridgehead atoms. The molecule has 1 aromatic carbocycles. The van der Waals surface area contributed by atoms with E-state index in [1.54, 1.807) is 0 Å². The largest absolute Gasteiger partial charge is 0.459 e. The van der Waals surface area contributed by atoms with Crippen LogP contribution >= 0.6 is 15.9 Å². The van der Waals surface area contributed by atoms with Gasteiger partial charge in [-0.25, -0.2) is 0 Å². The number of benzene rings is 1. The zero-order chi connectivity index (χ0) is 16.1. The van der Waals surface area contributed by atoms with E-state index in [9.17, 15) is 10.1 Å². The molecule has 1 saturated carbocycles. The lowest BCUT2D eigenvalue weighted by molar-refractivity contribution is -0.160. The summed E-state index contributed by atoms with van der Waals surface area (Å²) in [5, 5.41) is 9.69. The molecule has 0 heterocycles. The molecule has 1 aliphatic rings. The van der Waals surface area contributed by atoms with Gasteiger partial charge in [-0.3, -0.25) is 4.79 Å². The van der Waals surface area contributed by atoms with Crippen LogP contribution in [0.15, 0.2) is 28.7 Å².